The number of halogens is 1. The largest absolute Gasteiger partial charge is 0.294 e. The van der Waals surface area contributed by atoms with E-state index in [2.05, 4.69) is 10.1 Å². The van der Waals surface area contributed by atoms with Gasteiger partial charge in [0.2, 0.25) is 0 Å². The molecule has 0 saturated heterocycles. The minimum Gasteiger partial charge on any atom is -0.282 e. The molecule has 2 aromatic rings. The molecule has 0 unspecified atom stereocenters. The second-order valence-corrected chi connectivity index (χ2v) is 5.53. The van der Waals surface area contributed by atoms with Crippen LogP contribution in [0.15, 0.2) is 29.3 Å². The molecule has 0 aliphatic heterocycles. The summed E-state index contributed by atoms with van der Waals surface area (Å²) in [7, 11) is -4.23. The topological polar surface area (TPSA) is 85.1 Å². The van der Waals surface area contributed by atoms with Crippen molar-refractivity contribution in [3.8, 4) is 0 Å². The average molecular weight is 288 g/mol. The minimum atomic E-state index is -4.23. The van der Waals surface area contributed by atoms with Crippen molar-refractivity contribution in [2.24, 2.45) is 0 Å². The van der Waals surface area contributed by atoms with Crippen LogP contribution in [0.25, 0.3) is 0 Å². The van der Waals surface area contributed by atoms with Gasteiger partial charge in [0, 0.05) is 6.20 Å². The van der Waals surface area contributed by atoms with Crippen LogP contribution in [-0.2, 0) is 16.7 Å². The highest BCUT2D eigenvalue weighted by Gasteiger charge is 2.11. The van der Waals surface area contributed by atoms with Gasteiger partial charge in [0.25, 0.3) is 10.1 Å². The van der Waals surface area contributed by atoms with Gasteiger partial charge in [-0.2, -0.15) is 13.5 Å². The van der Waals surface area contributed by atoms with Crippen molar-refractivity contribution in [2.75, 3.05) is 0 Å². The third-order valence-electron chi connectivity index (χ3n) is 2.25. The van der Waals surface area contributed by atoms with Gasteiger partial charge < -0.3 is 0 Å². The maximum Gasteiger partial charge on any atom is 0.294 e. The molecule has 0 aliphatic rings. The van der Waals surface area contributed by atoms with Gasteiger partial charge in [0.1, 0.15) is 5.15 Å². The standard InChI is InChI=1S/C10H10ClN3O3S/c1-7-4-10(11)14(13-7)6-8-5-9(2-3-12-8)18(15,16)17/h2-5H,6H2,1H3,(H,15,16,17). The van der Waals surface area contributed by atoms with E-state index >= 15 is 0 Å². The smallest absolute Gasteiger partial charge is 0.282 e. The summed E-state index contributed by atoms with van der Waals surface area (Å²) >= 11 is 5.93. The Morgan fingerprint density at radius 2 is 2.17 bits per heavy atom. The molecular weight excluding hydrogens is 278 g/mol. The molecule has 0 aliphatic carbocycles. The Balaban J connectivity index is 2.33. The summed E-state index contributed by atoms with van der Waals surface area (Å²) in [5.41, 5.74) is 1.20. The molecule has 0 bridgehead atoms. The molecule has 0 atom stereocenters. The molecule has 0 fully saturated rings. The number of rotatable bonds is 3. The fraction of sp³-hybridized carbons (Fsp3) is 0.200. The second kappa shape index (κ2) is 4.68. The van der Waals surface area contributed by atoms with Crippen LogP contribution in [0.3, 0.4) is 0 Å². The lowest BCUT2D eigenvalue weighted by Crippen LogP contribution is -2.06. The fourth-order valence-corrected chi connectivity index (χ4v) is 2.25. The minimum absolute atomic E-state index is 0.201. The van der Waals surface area contributed by atoms with Crippen molar-refractivity contribution in [1.82, 2.24) is 14.8 Å². The lowest BCUT2D eigenvalue weighted by molar-refractivity contribution is 0.482. The third-order valence-corrected chi connectivity index (χ3v) is 3.40. The lowest BCUT2D eigenvalue weighted by Gasteiger charge is -2.04. The zero-order valence-electron chi connectivity index (χ0n) is 9.41. The quantitative estimate of drug-likeness (QED) is 0.866. The summed E-state index contributed by atoms with van der Waals surface area (Å²) in [5, 5.41) is 4.57. The summed E-state index contributed by atoms with van der Waals surface area (Å²) in [4.78, 5) is 3.80. The maximum absolute atomic E-state index is 11.0. The summed E-state index contributed by atoms with van der Waals surface area (Å²) in [6.45, 7) is 2.03. The predicted molar refractivity (Wildman–Crippen MR) is 65.1 cm³/mol. The van der Waals surface area contributed by atoms with E-state index in [9.17, 15) is 8.42 Å². The number of aromatic nitrogens is 3. The van der Waals surface area contributed by atoms with E-state index in [0.29, 0.717) is 10.8 Å². The van der Waals surface area contributed by atoms with Gasteiger partial charge in [0.15, 0.2) is 0 Å². The van der Waals surface area contributed by atoms with Gasteiger partial charge in [-0.25, -0.2) is 4.68 Å². The first-order chi connectivity index (χ1) is 8.36. The molecule has 0 amide bonds. The molecule has 8 heteroatoms. The van der Waals surface area contributed by atoms with Gasteiger partial charge in [-0.3, -0.25) is 9.54 Å². The zero-order chi connectivity index (χ0) is 13.3. The molecule has 0 spiro atoms. The molecule has 0 saturated carbocycles. The molecule has 2 heterocycles. The van der Waals surface area contributed by atoms with E-state index in [0.717, 1.165) is 5.69 Å². The molecule has 96 valence electrons. The van der Waals surface area contributed by atoms with Crippen molar-refractivity contribution in [3.05, 3.63) is 40.9 Å². The van der Waals surface area contributed by atoms with Crippen LogP contribution in [0, 0.1) is 6.92 Å². The monoisotopic (exact) mass is 287 g/mol. The van der Waals surface area contributed by atoms with Crippen LogP contribution in [-0.4, -0.2) is 27.7 Å². The first-order valence-electron chi connectivity index (χ1n) is 4.98. The van der Waals surface area contributed by atoms with E-state index < -0.39 is 10.1 Å². The zero-order valence-corrected chi connectivity index (χ0v) is 11.0. The van der Waals surface area contributed by atoms with Crippen molar-refractivity contribution < 1.29 is 13.0 Å². The normalized spacial score (nSPS) is 11.7. The SMILES string of the molecule is Cc1cc(Cl)n(Cc2cc(S(=O)(=O)O)ccn2)n1. The summed E-state index contributed by atoms with van der Waals surface area (Å²) in [5.74, 6) is 0. The molecular formula is C10H10ClN3O3S. The van der Waals surface area contributed by atoms with Gasteiger partial charge in [-0.15, -0.1) is 0 Å². The van der Waals surface area contributed by atoms with Gasteiger partial charge in [-0.1, -0.05) is 11.6 Å². The van der Waals surface area contributed by atoms with E-state index in [1.807, 2.05) is 0 Å². The Morgan fingerprint density at radius 1 is 1.44 bits per heavy atom. The van der Waals surface area contributed by atoms with Crippen molar-refractivity contribution in [2.45, 2.75) is 18.4 Å². The van der Waals surface area contributed by atoms with E-state index in [-0.39, 0.29) is 11.4 Å². The van der Waals surface area contributed by atoms with Gasteiger partial charge >= 0.3 is 0 Å². The maximum atomic E-state index is 11.0. The van der Waals surface area contributed by atoms with Crippen LogP contribution >= 0.6 is 11.6 Å². The summed E-state index contributed by atoms with van der Waals surface area (Å²) < 4.78 is 32.4. The van der Waals surface area contributed by atoms with Crippen LogP contribution in [0.1, 0.15) is 11.4 Å². The number of nitrogens with zero attached hydrogens (tertiary/aromatic N) is 3. The van der Waals surface area contributed by atoms with Crippen LogP contribution < -0.4 is 0 Å². The van der Waals surface area contributed by atoms with Crippen molar-refractivity contribution >= 4 is 21.7 Å². The Labute approximate surface area is 109 Å². The van der Waals surface area contributed by atoms with Crippen LogP contribution in [0.4, 0.5) is 0 Å². The second-order valence-electron chi connectivity index (χ2n) is 3.72. The van der Waals surface area contributed by atoms with E-state index in [1.54, 1.807) is 13.0 Å². The molecule has 0 radical (unpaired) electrons. The Hall–Kier alpha value is -1.44. The summed E-state index contributed by atoms with van der Waals surface area (Å²) in [6, 6.07) is 4.19. The first kappa shape index (κ1) is 13.0. The van der Waals surface area contributed by atoms with Crippen molar-refractivity contribution in [1.29, 1.82) is 0 Å². The molecule has 6 nitrogen and oxygen atoms in total. The van der Waals surface area contributed by atoms with Gasteiger partial charge in [0.05, 0.1) is 22.8 Å². The van der Waals surface area contributed by atoms with Gasteiger partial charge in [-0.05, 0) is 25.1 Å². The molecule has 0 aromatic carbocycles. The number of aryl methyl sites for hydroxylation is 1. The van der Waals surface area contributed by atoms with Crippen molar-refractivity contribution in [3.63, 3.8) is 0 Å². The Morgan fingerprint density at radius 3 is 2.72 bits per heavy atom. The van der Waals surface area contributed by atoms with Crippen LogP contribution in [0.5, 0.6) is 0 Å². The Kier molecular flexibility index (Phi) is 3.38. The highest BCUT2D eigenvalue weighted by atomic mass is 35.5. The van der Waals surface area contributed by atoms with E-state index in [1.165, 1.54) is 23.0 Å². The predicted octanol–water partition coefficient (Wildman–Crippen LogP) is 1.53. The fourth-order valence-electron chi connectivity index (χ4n) is 1.48. The van der Waals surface area contributed by atoms with Crippen LogP contribution in [0.2, 0.25) is 5.15 Å². The number of hydrogen-bond donors (Lipinski definition) is 1. The summed E-state index contributed by atoms with van der Waals surface area (Å²) in [6.07, 6.45) is 1.31. The number of pyridine rings is 1. The third kappa shape index (κ3) is 2.87. The highest BCUT2D eigenvalue weighted by Crippen LogP contribution is 2.14. The molecule has 2 rings (SSSR count). The van der Waals surface area contributed by atoms with E-state index in [4.69, 9.17) is 16.2 Å². The number of hydrogen-bond acceptors (Lipinski definition) is 4. The Bertz CT molecular complexity index is 681. The highest BCUT2D eigenvalue weighted by molar-refractivity contribution is 7.85. The average Bonchev–Trinajstić information content (AvgIpc) is 2.56. The molecule has 1 N–H and O–H groups in total. The first-order valence-corrected chi connectivity index (χ1v) is 6.80. The molecule has 18 heavy (non-hydrogen) atoms. The lowest BCUT2D eigenvalue weighted by atomic mass is 10.3. The molecule has 2 aromatic heterocycles.